The molecule has 3 heteroatoms. The van der Waals surface area contributed by atoms with Crippen LogP contribution in [0.15, 0.2) is 69.6 Å². The monoisotopic (exact) mass is 356 g/mol. The second-order valence-electron chi connectivity index (χ2n) is 4.91. The largest absolute Gasteiger partial charge is 0.455 e. The van der Waals surface area contributed by atoms with Gasteiger partial charge in [-0.1, -0.05) is 57.9 Å². The normalized spacial score (nSPS) is 11.3. The summed E-state index contributed by atoms with van der Waals surface area (Å²) < 4.78 is 7.08. The lowest BCUT2D eigenvalue weighted by Gasteiger charge is -2.03. The number of hydrogen-bond donors (Lipinski definition) is 0. The van der Waals surface area contributed by atoms with Crippen molar-refractivity contribution < 1.29 is 4.42 Å². The van der Waals surface area contributed by atoms with Crippen molar-refractivity contribution >= 4 is 49.5 Å². The zero-order valence-electron chi connectivity index (χ0n) is 10.9. The van der Waals surface area contributed by atoms with Gasteiger partial charge in [-0.3, -0.25) is 0 Å². The SMILES string of the molecule is Clc1ccc(-c2ccccc2)c2oc3ccc(Br)cc3c12. The van der Waals surface area contributed by atoms with Gasteiger partial charge in [0.25, 0.3) is 0 Å². The van der Waals surface area contributed by atoms with Gasteiger partial charge in [0.1, 0.15) is 11.2 Å². The summed E-state index contributed by atoms with van der Waals surface area (Å²) in [6, 6.07) is 20.1. The number of rotatable bonds is 1. The molecule has 0 saturated carbocycles. The van der Waals surface area contributed by atoms with E-state index >= 15 is 0 Å². The first-order valence-electron chi connectivity index (χ1n) is 6.60. The van der Waals surface area contributed by atoms with Gasteiger partial charge in [0.05, 0.1) is 5.02 Å². The van der Waals surface area contributed by atoms with E-state index in [0.29, 0.717) is 5.02 Å². The highest BCUT2D eigenvalue weighted by Crippen LogP contribution is 2.40. The first-order valence-corrected chi connectivity index (χ1v) is 7.77. The molecule has 0 atom stereocenters. The fourth-order valence-electron chi connectivity index (χ4n) is 2.66. The summed E-state index contributed by atoms with van der Waals surface area (Å²) in [6.45, 7) is 0. The van der Waals surface area contributed by atoms with Crippen LogP contribution in [0.25, 0.3) is 33.1 Å². The van der Waals surface area contributed by atoms with Crippen LogP contribution in [0.1, 0.15) is 0 Å². The van der Waals surface area contributed by atoms with Crippen LogP contribution >= 0.6 is 27.5 Å². The third-order valence-electron chi connectivity index (χ3n) is 3.61. The van der Waals surface area contributed by atoms with Crippen LogP contribution in [0.3, 0.4) is 0 Å². The van der Waals surface area contributed by atoms with Gasteiger partial charge in [0.2, 0.25) is 0 Å². The lowest BCUT2D eigenvalue weighted by molar-refractivity contribution is 0.670. The quantitative estimate of drug-likeness (QED) is 0.371. The second-order valence-corrected chi connectivity index (χ2v) is 6.23. The molecule has 102 valence electrons. The highest BCUT2D eigenvalue weighted by molar-refractivity contribution is 9.10. The van der Waals surface area contributed by atoms with E-state index < -0.39 is 0 Å². The lowest BCUT2D eigenvalue weighted by Crippen LogP contribution is -1.79. The number of fused-ring (bicyclic) bond motifs is 3. The molecular weight excluding hydrogens is 348 g/mol. The van der Waals surface area contributed by atoms with Crippen molar-refractivity contribution in [3.05, 3.63) is 70.2 Å². The highest BCUT2D eigenvalue weighted by atomic mass is 79.9. The maximum Gasteiger partial charge on any atom is 0.144 e. The molecule has 4 aromatic rings. The van der Waals surface area contributed by atoms with Gasteiger partial charge in [0.15, 0.2) is 0 Å². The summed E-state index contributed by atoms with van der Waals surface area (Å²) in [5.41, 5.74) is 3.86. The van der Waals surface area contributed by atoms with Gasteiger partial charge in [-0.15, -0.1) is 0 Å². The Hall–Kier alpha value is -1.77. The first kappa shape index (κ1) is 12.9. The fraction of sp³-hybridized carbons (Fsp3) is 0. The highest BCUT2D eigenvalue weighted by Gasteiger charge is 2.15. The Morgan fingerprint density at radius 3 is 2.52 bits per heavy atom. The molecule has 1 nitrogen and oxygen atoms in total. The van der Waals surface area contributed by atoms with Crippen LogP contribution in [0.4, 0.5) is 0 Å². The molecule has 3 aromatic carbocycles. The molecule has 0 saturated heterocycles. The number of furan rings is 1. The van der Waals surface area contributed by atoms with Crippen LogP contribution in [-0.4, -0.2) is 0 Å². The Morgan fingerprint density at radius 1 is 0.905 bits per heavy atom. The summed E-state index contributed by atoms with van der Waals surface area (Å²) in [5, 5.41) is 2.71. The lowest BCUT2D eigenvalue weighted by atomic mass is 10.0. The molecule has 1 heterocycles. The zero-order valence-corrected chi connectivity index (χ0v) is 13.3. The molecule has 0 radical (unpaired) electrons. The third-order valence-corrected chi connectivity index (χ3v) is 4.42. The Labute approximate surface area is 135 Å². The maximum absolute atomic E-state index is 6.41. The molecule has 0 N–H and O–H groups in total. The van der Waals surface area contributed by atoms with Crippen molar-refractivity contribution in [3.63, 3.8) is 0 Å². The molecule has 0 spiro atoms. The first-order chi connectivity index (χ1) is 10.2. The van der Waals surface area contributed by atoms with E-state index in [1.54, 1.807) is 0 Å². The van der Waals surface area contributed by atoms with Crippen LogP contribution in [-0.2, 0) is 0 Å². The summed E-state index contributed by atoms with van der Waals surface area (Å²) in [6.07, 6.45) is 0. The number of hydrogen-bond acceptors (Lipinski definition) is 1. The van der Waals surface area contributed by atoms with Crippen LogP contribution < -0.4 is 0 Å². The number of benzene rings is 3. The third kappa shape index (κ3) is 2.06. The minimum absolute atomic E-state index is 0.710. The van der Waals surface area contributed by atoms with Gasteiger partial charge < -0.3 is 4.42 Å². The second kappa shape index (κ2) is 4.90. The average molecular weight is 358 g/mol. The molecule has 1 aromatic heterocycles. The average Bonchev–Trinajstić information content (AvgIpc) is 2.88. The van der Waals surface area contributed by atoms with E-state index in [1.165, 1.54) is 0 Å². The van der Waals surface area contributed by atoms with Crippen molar-refractivity contribution in [1.29, 1.82) is 0 Å². The van der Waals surface area contributed by atoms with Crippen molar-refractivity contribution in [1.82, 2.24) is 0 Å². The molecule has 0 aliphatic carbocycles. The van der Waals surface area contributed by atoms with E-state index in [9.17, 15) is 0 Å². The van der Waals surface area contributed by atoms with Gasteiger partial charge in [-0.2, -0.15) is 0 Å². The van der Waals surface area contributed by atoms with Crippen molar-refractivity contribution in [3.8, 4) is 11.1 Å². The van der Waals surface area contributed by atoms with Crippen molar-refractivity contribution in [2.75, 3.05) is 0 Å². The van der Waals surface area contributed by atoms with E-state index in [-0.39, 0.29) is 0 Å². The molecule has 0 aliphatic heterocycles. The Bertz CT molecular complexity index is 957. The zero-order chi connectivity index (χ0) is 14.4. The Kier molecular flexibility index (Phi) is 3.02. The summed E-state index contributed by atoms with van der Waals surface area (Å²) in [5.74, 6) is 0. The molecule has 0 amide bonds. The van der Waals surface area contributed by atoms with Gasteiger partial charge in [0, 0.05) is 20.8 Å². The Morgan fingerprint density at radius 2 is 1.71 bits per heavy atom. The standard InChI is InChI=1S/C18H10BrClO/c19-12-6-9-16-14(10-12)17-15(20)8-7-13(18(17)21-16)11-4-2-1-3-5-11/h1-10H. The predicted octanol–water partition coefficient (Wildman–Crippen LogP) is 6.67. The fourth-order valence-corrected chi connectivity index (χ4v) is 3.27. The molecule has 0 aliphatic rings. The predicted molar refractivity (Wildman–Crippen MR) is 91.9 cm³/mol. The molecular formula is C18H10BrClO. The molecule has 0 fully saturated rings. The Balaban J connectivity index is 2.15. The van der Waals surface area contributed by atoms with Crippen molar-refractivity contribution in [2.24, 2.45) is 0 Å². The minimum atomic E-state index is 0.710. The van der Waals surface area contributed by atoms with Gasteiger partial charge in [-0.25, -0.2) is 0 Å². The van der Waals surface area contributed by atoms with E-state index in [2.05, 4.69) is 28.1 Å². The van der Waals surface area contributed by atoms with E-state index in [0.717, 1.165) is 37.5 Å². The van der Waals surface area contributed by atoms with Crippen LogP contribution in [0.5, 0.6) is 0 Å². The maximum atomic E-state index is 6.41. The number of halogens is 2. The molecule has 0 bridgehead atoms. The minimum Gasteiger partial charge on any atom is -0.455 e. The van der Waals surface area contributed by atoms with E-state index in [1.807, 2.05) is 48.5 Å². The summed E-state index contributed by atoms with van der Waals surface area (Å²) in [7, 11) is 0. The van der Waals surface area contributed by atoms with Crippen LogP contribution in [0, 0.1) is 0 Å². The topological polar surface area (TPSA) is 13.1 Å². The van der Waals surface area contributed by atoms with Crippen LogP contribution in [0.2, 0.25) is 5.02 Å². The molecule has 4 rings (SSSR count). The smallest absolute Gasteiger partial charge is 0.144 e. The summed E-state index contributed by atoms with van der Waals surface area (Å²) in [4.78, 5) is 0. The van der Waals surface area contributed by atoms with Gasteiger partial charge in [-0.05, 0) is 35.9 Å². The van der Waals surface area contributed by atoms with Gasteiger partial charge >= 0.3 is 0 Å². The summed E-state index contributed by atoms with van der Waals surface area (Å²) >= 11 is 9.92. The molecule has 21 heavy (non-hydrogen) atoms. The van der Waals surface area contributed by atoms with E-state index in [4.69, 9.17) is 16.0 Å². The molecule has 0 unspecified atom stereocenters. The van der Waals surface area contributed by atoms with Crippen molar-refractivity contribution in [2.45, 2.75) is 0 Å².